The van der Waals surface area contributed by atoms with Crippen LogP contribution in [0.25, 0.3) is 0 Å². The highest BCUT2D eigenvalue weighted by Gasteiger charge is 2.44. The molecular weight excluding hydrogens is 218 g/mol. The molecule has 1 saturated carbocycles. The fourth-order valence-corrected chi connectivity index (χ4v) is 2.34. The molecule has 0 unspecified atom stereocenters. The van der Waals surface area contributed by atoms with Gasteiger partial charge in [0.25, 0.3) is 0 Å². The van der Waals surface area contributed by atoms with Crippen LogP contribution in [0, 0.1) is 6.92 Å². The summed E-state index contributed by atoms with van der Waals surface area (Å²) < 4.78 is 2.86. The molecule has 0 bridgehead atoms. The number of hydrogen-bond acceptors (Lipinski definition) is 2. The largest absolute Gasteiger partial charge is 0.321 e. The highest BCUT2D eigenvalue weighted by molar-refractivity contribution is 9.10. The zero-order valence-corrected chi connectivity index (χ0v) is 8.85. The van der Waals surface area contributed by atoms with Crippen LogP contribution < -0.4 is 5.73 Å². The molecule has 0 atom stereocenters. The summed E-state index contributed by atoms with van der Waals surface area (Å²) in [6, 6.07) is 0. The average molecular weight is 230 g/mol. The first kappa shape index (κ1) is 8.26. The van der Waals surface area contributed by atoms with Gasteiger partial charge in [-0.2, -0.15) is 5.10 Å². The summed E-state index contributed by atoms with van der Waals surface area (Å²) in [6.07, 6.45) is 2.16. The highest BCUT2D eigenvalue weighted by Crippen LogP contribution is 2.46. The Morgan fingerprint density at radius 3 is 2.50 bits per heavy atom. The van der Waals surface area contributed by atoms with Crippen molar-refractivity contribution in [3.63, 3.8) is 0 Å². The van der Waals surface area contributed by atoms with Gasteiger partial charge in [0.2, 0.25) is 0 Å². The number of aromatic nitrogens is 2. The Bertz CT molecular complexity index is 325. The first-order valence-corrected chi connectivity index (χ1v) is 4.82. The standard InChI is InChI=1S/C8H12BrN3/c1-5-6(8(10)3-4-8)7(9)12(2)11-5/h3-4,10H2,1-2H3. The Labute approximate surface area is 80.1 Å². The molecule has 0 radical (unpaired) electrons. The van der Waals surface area contributed by atoms with Crippen LogP contribution in [0.15, 0.2) is 4.60 Å². The van der Waals surface area contributed by atoms with Gasteiger partial charge in [-0.05, 0) is 35.7 Å². The zero-order valence-electron chi connectivity index (χ0n) is 7.26. The van der Waals surface area contributed by atoms with E-state index in [0.717, 1.165) is 23.1 Å². The van der Waals surface area contributed by atoms with Gasteiger partial charge in [-0.15, -0.1) is 0 Å². The van der Waals surface area contributed by atoms with Crippen molar-refractivity contribution in [1.29, 1.82) is 0 Å². The summed E-state index contributed by atoms with van der Waals surface area (Å²) in [5, 5.41) is 4.31. The van der Waals surface area contributed by atoms with Crippen molar-refractivity contribution in [2.45, 2.75) is 25.3 Å². The summed E-state index contributed by atoms with van der Waals surface area (Å²) in [5.74, 6) is 0. The second-order valence-electron chi connectivity index (χ2n) is 3.53. The maximum absolute atomic E-state index is 6.10. The van der Waals surface area contributed by atoms with Crippen molar-refractivity contribution < 1.29 is 0 Å². The molecule has 0 amide bonds. The number of hydrogen-bond donors (Lipinski definition) is 1. The Balaban J connectivity index is 2.55. The van der Waals surface area contributed by atoms with Crippen molar-refractivity contribution in [2.24, 2.45) is 12.8 Å². The van der Waals surface area contributed by atoms with Crippen molar-refractivity contribution >= 4 is 15.9 Å². The molecule has 1 fully saturated rings. The van der Waals surface area contributed by atoms with E-state index < -0.39 is 0 Å². The van der Waals surface area contributed by atoms with Crippen LogP contribution >= 0.6 is 15.9 Å². The molecule has 1 heterocycles. The maximum atomic E-state index is 6.10. The number of aryl methyl sites for hydroxylation is 2. The van der Waals surface area contributed by atoms with Crippen molar-refractivity contribution in [3.05, 3.63) is 15.9 Å². The van der Waals surface area contributed by atoms with Gasteiger partial charge in [-0.25, -0.2) is 0 Å². The first-order chi connectivity index (χ1) is 5.54. The molecule has 2 N–H and O–H groups in total. The SMILES string of the molecule is Cc1nn(C)c(Br)c1C1(N)CC1. The average Bonchev–Trinajstić information content (AvgIpc) is 2.62. The van der Waals surface area contributed by atoms with Crippen LogP contribution in [-0.4, -0.2) is 9.78 Å². The summed E-state index contributed by atoms with van der Waals surface area (Å²) in [6.45, 7) is 2.01. The van der Waals surface area contributed by atoms with Crippen LogP contribution in [0.3, 0.4) is 0 Å². The Morgan fingerprint density at radius 1 is 1.58 bits per heavy atom. The minimum Gasteiger partial charge on any atom is -0.321 e. The third kappa shape index (κ3) is 1.02. The quantitative estimate of drug-likeness (QED) is 0.793. The smallest absolute Gasteiger partial charge is 0.109 e. The van der Waals surface area contributed by atoms with Crippen LogP contribution in [-0.2, 0) is 12.6 Å². The van der Waals surface area contributed by atoms with E-state index in [1.165, 1.54) is 5.56 Å². The summed E-state index contributed by atoms with van der Waals surface area (Å²) in [4.78, 5) is 0. The predicted molar refractivity (Wildman–Crippen MR) is 50.7 cm³/mol. The second kappa shape index (κ2) is 2.33. The molecule has 3 nitrogen and oxygen atoms in total. The molecular formula is C8H12BrN3. The third-order valence-electron chi connectivity index (χ3n) is 2.44. The van der Waals surface area contributed by atoms with Crippen molar-refractivity contribution in [3.8, 4) is 0 Å². The first-order valence-electron chi connectivity index (χ1n) is 4.03. The lowest BCUT2D eigenvalue weighted by molar-refractivity contribution is 0.716. The van der Waals surface area contributed by atoms with E-state index >= 15 is 0 Å². The number of nitrogens with two attached hydrogens (primary N) is 1. The molecule has 4 heteroatoms. The number of nitrogens with zero attached hydrogens (tertiary/aromatic N) is 2. The van der Waals surface area contributed by atoms with Gasteiger partial charge in [0.15, 0.2) is 0 Å². The predicted octanol–water partition coefficient (Wildman–Crippen LogP) is 1.44. The van der Waals surface area contributed by atoms with Gasteiger partial charge < -0.3 is 5.73 Å². The molecule has 0 spiro atoms. The van der Waals surface area contributed by atoms with Crippen molar-refractivity contribution in [2.75, 3.05) is 0 Å². The van der Waals surface area contributed by atoms with E-state index in [4.69, 9.17) is 5.73 Å². The Hall–Kier alpha value is -0.350. The van der Waals surface area contributed by atoms with Gasteiger partial charge in [-0.1, -0.05) is 0 Å². The normalized spacial score (nSPS) is 19.7. The van der Waals surface area contributed by atoms with Crippen LogP contribution in [0.1, 0.15) is 24.1 Å². The molecule has 0 aliphatic heterocycles. The van der Waals surface area contributed by atoms with Gasteiger partial charge in [0, 0.05) is 18.2 Å². The van der Waals surface area contributed by atoms with Crippen LogP contribution in [0.4, 0.5) is 0 Å². The van der Waals surface area contributed by atoms with Crippen molar-refractivity contribution in [1.82, 2.24) is 9.78 Å². The highest BCUT2D eigenvalue weighted by atomic mass is 79.9. The van der Waals surface area contributed by atoms with Crippen LogP contribution in [0.5, 0.6) is 0 Å². The minimum atomic E-state index is -0.0861. The summed E-state index contributed by atoms with van der Waals surface area (Å²) in [5.41, 5.74) is 8.24. The van der Waals surface area contributed by atoms with E-state index in [-0.39, 0.29) is 5.54 Å². The lowest BCUT2D eigenvalue weighted by Gasteiger charge is -2.07. The molecule has 2 rings (SSSR count). The third-order valence-corrected chi connectivity index (χ3v) is 3.35. The van der Waals surface area contributed by atoms with E-state index in [9.17, 15) is 0 Å². The van der Waals surface area contributed by atoms with E-state index in [1.54, 1.807) is 0 Å². The van der Waals surface area contributed by atoms with Crippen LogP contribution in [0.2, 0.25) is 0 Å². The number of rotatable bonds is 1. The second-order valence-corrected chi connectivity index (χ2v) is 4.28. The lowest BCUT2D eigenvalue weighted by Crippen LogP contribution is -2.19. The molecule has 66 valence electrons. The molecule has 1 aliphatic carbocycles. The minimum absolute atomic E-state index is 0.0861. The molecule has 0 saturated heterocycles. The summed E-state index contributed by atoms with van der Waals surface area (Å²) >= 11 is 3.50. The van der Waals surface area contributed by atoms with Gasteiger partial charge in [0.05, 0.1) is 5.69 Å². The topological polar surface area (TPSA) is 43.8 Å². The molecule has 1 aliphatic rings. The summed E-state index contributed by atoms with van der Waals surface area (Å²) in [7, 11) is 1.92. The van der Waals surface area contributed by atoms with E-state index in [0.29, 0.717) is 0 Å². The van der Waals surface area contributed by atoms with Gasteiger partial charge in [0.1, 0.15) is 4.60 Å². The molecule has 0 aromatic carbocycles. The maximum Gasteiger partial charge on any atom is 0.109 e. The fraction of sp³-hybridized carbons (Fsp3) is 0.625. The van der Waals surface area contributed by atoms with E-state index in [2.05, 4.69) is 21.0 Å². The fourth-order valence-electron chi connectivity index (χ4n) is 1.58. The monoisotopic (exact) mass is 229 g/mol. The Kier molecular flexibility index (Phi) is 1.60. The molecule has 1 aromatic rings. The molecule has 1 aromatic heterocycles. The number of halogens is 1. The van der Waals surface area contributed by atoms with Gasteiger partial charge in [-0.3, -0.25) is 4.68 Å². The zero-order chi connectivity index (χ0) is 8.93. The Morgan fingerprint density at radius 2 is 2.17 bits per heavy atom. The van der Waals surface area contributed by atoms with Gasteiger partial charge >= 0.3 is 0 Å². The lowest BCUT2D eigenvalue weighted by atomic mass is 10.1. The molecule has 12 heavy (non-hydrogen) atoms. The van der Waals surface area contributed by atoms with E-state index in [1.807, 2.05) is 18.7 Å².